The Hall–Kier alpha value is -7.22. The van der Waals surface area contributed by atoms with Gasteiger partial charge in [-0.2, -0.15) is 18.4 Å². The van der Waals surface area contributed by atoms with Crippen molar-refractivity contribution in [2.45, 2.75) is 100 Å². The molecule has 0 aliphatic carbocycles. The molecule has 5 atom stereocenters. The maximum atomic E-state index is 17.6. The summed E-state index contributed by atoms with van der Waals surface area (Å²) in [5.74, 6) is -3.75. The molecule has 5 saturated heterocycles. The van der Waals surface area contributed by atoms with Gasteiger partial charge in [0.1, 0.15) is 46.3 Å². The van der Waals surface area contributed by atoms with E-state index in [9.17, 15) is 23.6 Å². The number of carbonyl (C=O) groups is 2. The van der Waals surface area contributed by atoms with Crippen molar-refractivity contribution in [3.05, 3.63) is 128 Å². The van der Waals surface area contributed by atoms with Gasteiger partial charge in [0, 0.05) is 85.0 Å². The zero-order valence-electron chi connectivity index (χ0n) is 45.5. The van der Waals surface area contributed by atoms with E-state index in [4.69, 9.17) is 9.93 Å². The SMILES string of the molecule is C=N/C(=c1/cc(C(F)(F)F)/c(=c2/ccc(F)c3c2=C(C#N)C(=N)S3)c(F)c1NCCN1CCC2(CC1)CN(c1cc(C(C(=O)N3CCCC3C(=O)NC(C)c3ccc(-c4c(F)cccc4F)cc3)C(C)C)on1)C2)N1CC2CCC(C1)N2. The zero-order valence-corrected chi connectivity index (χ0v) is 46.4. The van der Waals surface area contributed by atoms with Crippen LogP contribution in [0.25, 0.3) is 22.5 Å². The first-order valence-electron chi connectivity index (χ1n) is 27.7. The number of piperidine rings is 1. The van der Waals surface area contributed by atoms with E-state index < -0.39 is 58.2 Å². The number of thioether (sulfide) groups is 1. The molecule has 4 aromatic carbocycles. The van der Waals surface area contributed by atoms with Crippen LogP contribution in [0.5, 0.6) is 0 Å². The number of benzene rings is 4. The molecule has 430 valence electrons. The van der Waals surface area contributed by atoms with Gasteiger partial charge in [0.25, 0.3) is 0 Å². The molecule has 7 heterocycles. The summed E-state index contributed by atoms with van der Waals surface area (Å²) in [5.41, 5.74) is -0.969. The number of aliphatic imine (C=N–C) groups is 1. The monoisotopic (exact) mass is 1150 g/mol. The highest BCUT2D eigenvalue weighted by atomic mass is 32.2. The molecule has 1 spiro atoms. The van der Waals surface area contributed by atoms with Crippen LogP contribution in [0.2, 0.25) is 0 Å². The lowest BCUT2D eigenvalue weighted by atomic mass is 9.72. The molecule has 5 unspecified atom stereocenters. The summed E-state index contributed by atoms with van der Waals surface area (Å²) < 4.78 is 114. The third-order valence-corrected chi connectivity index (χ3v) is 18.3. The van der Waals surface area contributed by atoms with E-state index in [1.54, 1.807) is 29.2 Å². The van der Waals surface area contributed by atoms with Gasteiger partial charge in [0.2, 0.25) is 11.8 Å². The molecular weight excluding hydrogens is 1090 g/mol. The lowest BCUT2D eigenvalue weighted by molar-refractivity contribution is -0.141. The van der Waals surface area contributed by atoms with Crippen molar-refractivity contribution in [2.75, 3.05) is 69.1 Å². The number of aromatic nitrogens is 1. The Morgan fingerprint density at radius 2 is 1.65 bits per heavy atom. The Kier molecular flexibility index (Phi) is 15.5. The first-order chi connectivity index (χ1) is 39.3. The topological polar surface area (TPSA) is 169 Å². The number of nitrogens with zero attached hydrogens (tertiary/aromatic N) is 7. The predicted octanol–water partition coefficient (Wildman–Crippen LogP) is 8.79. The molecule has 11 rings (SSSR count). The number of likely N-dealkylation sites (tertiary alicyclic amines) is 3. The average molecular weight is 1150 g/mol. The molecule has 2 bridgehead atoms. The van der Waals surface area contributed by atoms with Crippen LogP contribution in [0.4, 0.5) is 42.2 Å². The number of piperazine rings is 1. The van der Waals surface area contributed by atoms with E-state index in [1.165, 1.54) is 18.2 Å². The molecule has 5 aromatic rings. The minimum atomic E-state index is -5.10. The number of hydrogen-bond acceptors (Lipinski definition) is 13. The van der Waals surface area contributed by atoms with Crippen LogP contribution >= 0.6 is 11.8 Å². The van der Waals surface area contributed by atoms with E-state index >= 15 is 22.0 Å². The van der Waals surface area contributed by atoms with E-state index in [-0.39, 0.29) is 90.0 Å². The molecule has 0 radical (unpaired) electrons. The molecule has 6 aliphatic rings. The Bertz CT molecular complexity index is 3620. The number of halogens is 7. The average Bonchev–Trinajstić information content (AvgIpc) is 2.65. The van der Waals surface area contributed by atoms with Crippen molar-refractivity contribution in [1.29, 1.82) is 10.7 Å². The second kappa shape index (κ2) is 22.5. The Morgan fingerprint density at radius 1 is 0.951 bits per heavy atom. The van der Waals surface area contributed by atoms with Gasteiger partial charge < -0.3 is 40.1 Å². The van der Waals surface area contributed by atoms with Gasteiger partial charge in [-0.1, -0.05) is 67.2 Å². The van der Waals surface area contributed by atoms with Crippen LogP contribution in [0.3, 0.4) is 0 Å². The molecule has 1 aromatic heterocycles. The Balaban J connectivity index is 0.755. The number of fused-ring (bicyclic) bond motifs is 3. The van der Waals surface area contributed by atoms with Crippen molar-refractivity contribution >= 4 is 58.2 Å². The molecule has 14 nitrogen and oxygen atoms in total. The normalized spacial score (nSPS) is 22.0. The molecule has 82 heavy (non-hydrogen) atoms. The van der Waals surface area contributed by atoms with Gasteiger partial charge in [0.15, 0.2) is 17.4 Å². The van der Waals surface area contributed by atoms with Gasteiger partial charge >= 0.3 is 6.18 Å². The largest absolute Gasteiger partial charge is 0.417 e. The lowest BCUT2D eigenvalue weighted by Crippen LogP contribution is -2.60. The second-order valence-corrected chi connectivity index (χ2v) is 23.9. The van der Waals surface area contributed by atoms with Crippen LogP contribution in [0.15, 0.2) is 81.1 Å². The highest BCUT2D eigenvalue weighted by Crippen LogP contribution is 2.44. The third-order valence-electron chi connectivity index (χ3n) is 17.3. The highest BCUT2D eigenvalue weighted by Gasteiger charge is 2.47. The molecule has 0 saturated carbocycles. The summed E-state index contributed by atoms with van der Waals surface area (Å²) in [6.07, 6.45) is -0.594. The van der Waals surface area contributed by atoms with Gasteiger partial charge in [0.05, 0.1) is 33.3 Å². The van der Waals surface area contributed by atoms with E-state index in [1.807, 2.05) is 37.8 Å². The lowest BCUT2D eigenvalue weighted by Gasteiger charge is -2.54. The number of nitrogens with one attached hydrogen (secondary N) is 4. The van der Waals surface area contributed by atoms with Crippen molar-refractivity contribution in [3.63, 3.8) is 0 Å². The maximum Gasteiger partial charge on any atom is 0.417 e. The Morgan fingerprint density at radius 3 is 2.29 bits per heavy atom. The van der Waals surface area contributed by atoms with Crippen LogP contribution in [0.1, 0.15) is 88.1 Å². The summed E-state index contributed by atoms with van der Waals surface area (Å²) in [5, 5.41) is 30.5. The number of carbonyl (C=O) groups excluding carboxylic acids is 2. The fourth-order valence-electron chi connectivity index (χ4n) is 13.0. The highest BCUT2D eigenvalue weighted by molar-refractivity contribution is 8.15. The number of rotatable bonds is 14. The first-order valence-corrected chi connectivity index (χ1v) is 28.6. The van der Waals surface area contributed by atoms with Crippen molar-refractivity contribution in [2.24, 2.45) is 16.3 Å². The molecule has 5 fully saturated rings. The number of nitriles is 1. The van der Waals surface area contributed by atoms with Crippen LogP contribution in [0, 0.1) is 61.8 Å². The maximum absolute atomic E-state index is 17.6. The minimum Gasteiger partial charge on any atom is -0.381 e. The predicted molar refractivity (Wildman–Crippen MR) is 298 cm³/mol. The van der Waals surface area contributed by atoms with Crippen molar-refractivity contribution in [3.8, 4) is 17.2 Å². The fraction of sp³-hybridized carbons (Fsp3) is 0.433. The summed E-state index contributed by atoms with van der Waals surface area (Å²) in [6, 6.07) is 15.8. The number of alkyl halides is 3. The van der Waals surface area contributed by atoms with Gasteiger partial charge in [-0.15, -0.1) is 0 Å². The standard InChI is InChI=1S/C60H62F7N11O3S/c1-32(2)48(58(80)78-21-6-9-45(78)57(79)72-33(3)34-10-12-35(13-11-34)49-42(61)7-5-8-43(49)62)46-26-47(74-81-46)77-30-59(31-77)18-22-75(23-19-59)24-20-71-53-39(56(70-4)76-28-36-14-15-37(29-76)73-36)25-41(60(65,66)67)51(52(53)64)38-16-17-44(63)54-50(38)40(27-68)55(69)82-54/h5,7-8,10-13,16-17,25-26,32-33,36-37,45,48,69,71,73H,4,6,9,14-15,18-24,28-31H2,1-3H3,(H,72,79)/b51-38+,56-39+,69-55?. The van der Waals surface area contributed by atoms with E-state index in [2.05, 4.69) is 42.6 Å². The van der Waals surface area contributed by atoms with Gasteiger partial charge in [-0.3, -0.25) is 15.0 Å². The first kappa shape index (κ1) is 56.6. The minimum absolute atomic E-state index is 0.0312. The summed E-state index contributed by atoms with van der Waals surface area (Å²) >= 11 is 0.602. The van der Waals surface area contributed by atoms with Crippen LogP contribution in [-0.4, -0.2) is 120 Å². The quantitative estimate of drug-likeness (QED) is 0.0620. The van der Waals surface area contributed by atoms with Gasteiger partial charge in [-0.05, 0) is 112 Å². The number of hydrogen-bond donors (Lipinski definition) is 4. The third kappa shape index (κ3) is 10.6. The molecule has 22 heteroatoms. The van der Waals surface area contributed by atoms with E-state index in [0.29, 0.717) is 94.1 Å². The molecule has 4 N–H and O–H groups in total. The molecule has 2 amide bonds. The molecular formula is C60H62F7N11O3S. The smallest absolute Gasteiger partial charge is 0.381 e. The van der Waals surface area contributed by atoms with Crippen molar-refractivity contribution in [1.82, 2.24) is 30.5 Å². The summed E-state index contributed by atoms with van der Waals surface area (Å²) in [4.78, 5) is 40.1. The fourth-order valence-corrected chi connectivity index (χ4v) is 14.0. The summed E-state index contributed by atoms with van der Waals surface area (Å²) in [6.45, 7) is 14.0. The van der Waals surface area contributed by atoms with E-state index in [0.717, 1.165) is 49.4 Å². The van der Waals surface area contributed by atoms with Crippen LogP contribution in [-0.2, 0) is 15.8 Å². The van der Waals surface area contributed by atoms with Crippen LogP contribution < -0.4 is 31.3 Å². The zero-order chi connectivity index (χ0) is 57.9. The summed E-state index contributed by atoms with van der Waals surface area (Å²) in [7, 11) is 0. The van der Waals surface area contributed by atoms with Gasteiger partial charge in [-0.25, -0.2) is 22.6 Å². The van der Waals surface area contributed by atoms with Crippen molar-refractivity contribution < 1.29 is 44.8 Å². The number of amides is 2. The number of anilines is 2. The molecule has 6 aliphatic heterocycles. The Labute approximate surface area is 473 Å². The second-order valence-electron chi connectivity index (χ2n) is 22.8.